The van der Waals surface area contributed by atoms with E-state index in [2.05, 4.69) is 11.9 Å². The number of piperidine rings is 1. The third-order valence-electron chi connectivity index (χ3n) is 4.15. The summed E-state index contributed by atoms with van der Waals surface area (Å²) in [4.78, 5) is 16.3. The van der Waals surface area contributed by atoms with Crippen LogP contribution in [-0.2, 0) is 11.3 Å². The lowest BCUT2D eigenvalue weighted by molar-refractivity contribution is -0.134. The Hall–Kier alpha value is -1.59. The molecule has 5 heteroatoms. The highest BCUT2D eigenvalue weighted by atomic mass is 16.5. The summed E-state index contributed by atoms with van der Waals surface area (Å²) in [5, 5.41) is 0. The monoisotopic (exact) mass is 291 g/mol. The van der Waals surface area contributed by atoms with Gasteiger partial charge in [0.15, 0.2) is 6.61 Å². The number of likely N-dealkylation sites (tertiary alicyclic amines) is 1. The molecular formula is C16H25N3O2. The van der Waals surface area contributed by atoms with Crippen LogP contribution in [0.25, 0.3) is 0 Å². The van der Waals surface area contributed by atoms with Crippen LogP contribution >= 0.6 is 0 Å². The van der Waals surface area contributed by atoms with E-state index in [0.29, 0.717) is 18.3 Å². The molecule has 1 aromatic carbocycles. The highest BCUT2D eigenvalue weighted by Crippen LogP contribution is 2.15. The molecule has 0 bridgehead atoms. The summed E-state index contributed by atoms with van der Waals surface area (Å²) in [7, 11) is 3.99. The molecule has 1 aliphatic rings. The number of benzene rings is 1. The van der Waals surface area contributed by atoms with E-state index >= 15 is 0 Å². The van der Waals surface area contributed by atoms with E-state index in [9.17, 15) is 4.79 Å². The molecule has 1 heterocycles. The van der Waals surface area contributed by atoms with Gasteiger partial charge in [-0.25, -0.2) is 0 Å². The number of nitrogens with two attached hydrogens (primary N) is 1. The third-order valence-corrected chi connectivity index (χ3v) is 4.15. The lowest BCUT2D eigenvalue weighted by Crippen LogP contribution is -2.45. The summed E-state index contributed by atoms with van der Waals surface area (Å²) in [5.41, 5.74) is 6.60. The average molecular weight is 291 g/mol. The van der Waals surface area contributed by atoms with Crippen molar-refractivity contribution in [3.05, 3.63) is 29.8 Å². The molecule has 1 amide bonds. The largest absolute Gasteiger partial charge is 0.484 e. The van der Waals surface area contributed by atoms with Crippen LogP contribution in [-0.4, -0.2) is 55.5 Å². The maximum absolute atomic E-state index is 12.2. The van der Waals surface area contributed by atoms with Crippen LogP contribution in [0.2, 0.25) is 0 Å². The third kappa shape index (κ3) is 4.44. The first-order valence-electron chi connectivity index (χ1n) is 7.46. The van der Waals surface area contributed by atoms with Crippen molar-refractivity contribution in [3.8, 4) is 5.75 Å². The Morgan fingerprint density at radius 2 is 1.95 bits per heavy atom. The van der Waals surface area contributed by atoms with Crippen LogP contribution in [0.15, 0.2) is 24.3 Å². The minimum atomic E-state index is 0.0347. The molecule has 0 unspecified atom stereocenters. The molecular weight excluding hydrogens is 266 g/mol. The molecule has 0 aromatic heterocycles. The molecule has 1 saturated heterocycles. The number of likely N-dealkylation sites (N-methyl/N-ethyl adjacent to an activating group) is 1. The second kappa shape index (κ2) is 7.43. The molecule has 1 fully saturated rings. The lowest BCUT2D eigenvalue weighted by atomic mass is 10.0. The molecule has 2 N–H and O–H groups in total. The number of rotatable bonds is 5. The van der Waals surface area contributed by atoms with Gasteiger partial charge in [-0.1, -0.05) is 12.1 Å². The Morgan fingerprint density at radius 1 is 1.33 bits per heavy atom. The highest BCUT2D eigenvalue weighted by molar-refractivity contribution is 5.77. The summed E-state index contributed by atoms with van der Waals surface area (Å²) in [5.74, 6) is 0.741. The first kappa shape index (κ1) is 15.8. The summed E-state index contributed by atoms with van der Waals surface area (Å²) >= 11 is 0. The zero-order valence-corrected chi connectivity index (χ0v) is 12.9. The quantitative estimate of drug-likeness (QED) is 0.882. The Kier molecular flexibility index (Phi) is 5.59. The number of amides is 1. The maximum atomic E-state index is 12.2. The van der Waals surface area contributed by atoms with E-state index in [1.165, 1.54) is 0 Å². The number of carbonyl (C=O) groups excluding carboxylic acids is 1. The van der Waals surface area contributed by atoms with Gasteiger partial charge in [0.2, 0.25) is 0 Å². The van der Waals surface area contributed by atoms with Gasteiger partial charge in [0.1, 0.15) is 5.75 Å². The zero-order chi connectivity index (χ0) is 15.2. The Labute approximate surface area is 126 Å². The number of hydrogen-bond acceptors (Lipinski definition) is 4. The zero-order valence-electron chi connectivity index (χ0n) is 12.9. The highest BCUT2D eigenvalue weighted by Gasteiger charge is 2.24. The predicted molar refractivity (Wildman–Crippen MR) is 83.1 cm³/mol. The van der Waals surface area contributed by atoms with Gasteiger partial charge in [-0.05, 0) is 50.7 Å². The van der Waals surface area contributed by atoms with Crippen molar-refractivity contribution in [1.82, 2.24) is 9.80 Å². The average Bonchev–Trinajstić information content (AvgIpc) is 2.53. The number of ether oxygens (including phenoxy) is 1. The normalized spacial score (nSPS) is 16.7. The van der Waals surface area contributed by atoms with Crippen LogP contribution in [0, 0.1) is 0 Å². The summed E-state index contributed by atoms with van der Waals surface area (Å²) < 4.78 is 5.56. The second-order valence-electron chi connectivity index (χ2n) is 5.68. The van der Waals surface area contributed by atoms with E-state index in [1.54, 1.807) is 0 Å². The van der Waals surface area contributed by atoms with Gasteiger partial charge in [0, 0.05) is 19.6 Å². The van der Waals surface area contributed by atoms with E-state index in [4.69, 9.17) is 10.5 Å². The Morgan fingerprint density at radius 3 is 2.52 bits per heavy atom. The Balaban J connectivity index is 1.80. The van der Waals surface area contributed by atoms with E-state index in [1.807, 2.05) is 36.2 Å². The topological polar surface area (TPSA) is 58.8 Å². The molecule has 0 spiro atoms. The van der Waals surface area contributed by atoms with Crippen LogP contribution < -0.4 is 10.5 Å². The van der Waals surface area contributed by atoms with Crippen molar-refractivity contribution in [2.45, 2.75) is 25.4 Å². The van der Waals surface area contributed by atoms with Gasteiger partial charge in [0.05, 0.1) is 0 Å². The second-order valence-corrected chi connectivity index (χ2v) is 5.68. The van der Waals surface area contributed by atoms with Gasteiger partial charge in [-0.15, -0.1) is 0 Å². The summed E-state index contributed by atoms with van der Waals surface area (Å²) in [6.07, 6.45) is 2.06. The fraction of sp³-hybridized carbons (Fsp3) is 0.562. The lowest BCUT2D eigenvalue weighted by Gasteiger charge is -2.35. The van der Waals surface area contributed by atoms with Crippen LogP contribution in [0.1, 0.15) is 18.4 Å². The molecule has 2 rings (SSSR count). The van der Waals surface area contributed by atoms with E-state index in [0.717, 1.165) is 31.5 Å². The van der Waals surface area contributed by atoms with Crippen molar-refractivity contribution >= 4 is 5.91 Å². The van der Waals surface area contributed by atoms with Gasteiger partial charge < -0.3 is 20.3 Å². The molecule has 0 atom stereocenters. The van der Waals surface area contributed by atoms with Crippen molar-refractivity contribution < 1.29 is 9.53 Å². The van der Waals surface area contributed by atoms with E-state index < -0.39 is 0 Å². The smallest absolute Gasteiger partial charge is 0.260 e. The molecule has 5 nitrogen and oxygen atoms in total. The molecule has 116 valence electrons. The summed E-state index contributed by atoms with van der Waals surface area (Å²) in [6.45, 7) is 2.69. The number of hydrogen-bond donors (Lipinski definition) is 1. The van der Waals surface area contributed by atoms with Gasteiger partial charge in [-0.3, -0.25) is 4.79 Å². The van der Waals surface area contributed by atoms with Crippen LogP contribution in [0.4, 0.5) is 0 Å². The first-order chi connectivity index (χ1) is 10.1. The maximum Gasteiger partial charge on any atom is 0.260 e. The van der Waals surface area contributed by atoms with Gasteiger partial charge >= 0.3 is 0 Å². The molecule has 0 saturated carbocycles. The van der Waals surface area contributed by atoms with Gasteiger partial charge in [-0.2, -0.15) is 0 Å². The Bertz CT molecular complexity index is 453. The van der Waals surface area contributed by atoms with Crippen LogP contribution in [0.5, 0.6) is 5.75 Å². The first-order valence-corrected chi connectivity index (χ1v) is 7.46. The van der Waals surface area contributed by atoms with Crippen LogP contribution in [0.3, 0.4) is 0 Å². The molecule has 21 heavy (non-hydrogen) atoms. The number of carbonyl (C=O) groups is 1. The SMILES string of the molecule is CN1CCC(N(C)C(=O)COc2ccc(CN)cc2)CC1. The minimum Gasteiger partial charge on any atom is -0.484 e. The standard InChI is InChI=1S/C16H25N3O2/c1-18-9-7-14(8-10-18)19(2)16(20)12-21-15-5-3-13(11-17)4-6-15/h3-6,14H,7-12,17H2,1-2H3. The molecule has 0 radical (unpaired) electrons. The van der Waals surface area contributed by atoms with Crippen molar-refractivity contribution in [1.29, 1.82) is 0 Å². The van der Waals surface area contributed by atoms with Crippen molar-refractivity contribution in [2.24, 2.45) is 5.73 Å². The van der Waals surface area contributed by atoms with Crippen molar-refractivity contribution in [3.63, 3.8) is 0 Å². The summed E-state index contributed by atoms with van der Waals surface area (Å²) in [6, 6.07) is 7.87. The number of nitrogens with zero attached hydrogens (tertiary/aromatic N) is 2. The van der Waals surface area contributed by atoms with Crippen molar-refractivity contribution in [2.75, 3.05) is 33.8 Å². The van der Waals surface area contributed by atoms with Gasteiger partial charge in [0.25, 0.3) is 5.91 Å². The molecule has 0 aliphatic carbocycles. The fourth-order valence-electron chi connectivity index (χ4n) is 2.55. The van der Waals surface area contributed by atoms with E-state index in [-0.39, 0.29) is 12.5 Å². The fourth-order valence-corrected chi connectivity index (χ4v) is 2.55. The predicted octanol–water partition coefficient (Wildman–Crippen LogP) is 1.08. The molecule has 1 aromatic rings. The minimum absolute atomic E-state index is 0.0347. The molecule has 1 aliphatic heterocycles.